The van der Waals surface area contributed by atoms with Crippen molar-refractivity contribution in [3.8, 4) is 22.9 Å². The van der Waals surface area contributed by atoms with Gasteiger partial charge in [0.2, 0.25) is 0 Å². The van der Waals surface area contributed by atoms with Gasteiger partial charge in [-0.05, 0) is 36.4 Å². The number of carboxylic acid groups (broad SMARTS) is 1. The Bertz CT molecular complexity index is 2170. The minimum atomic E-state index is -1.10. The largest absolute Gasteiger partial charge is 0.506 e. The molecule has 0 radical (unpaired) electrons. The van der Waals surface area contributed by atoms with E-state index in [0.29, 0.717) is 33.8 Å². The van der Waals surface area contributed by atoms with Crippen LogP contribution in [0.4, 0.5) is 21.2 Å². The van der Waals surface area contributed by atoms with Gasteiger partial charge in [-0.25, -0.2) is 19.3 Å². The first-order valence-corrected chi connectivity index (χ1v) is 16.4. The van der Waals surface area contributed by atoms with Crippen molar-refractivity contribution in [2.45, 2.75) is 32.7 Å². The Morgan fingerprint density at radius 3 is 2.61 bits per heavy atom. The Morgan fingerprint density at radius 1 is 1.08 bits per heavy atom. The number of thiazole rings is 1. The number of nitrogens with zero attached hydrogens (tertiary/aromatic N) is 5. The smallest absolute Gasteiger partial charge is 0.413 e. The van der Waals surface area contributed by atoms with Crippen molar-refractivity contribution >= 4 is 61.9 Å². The summed E-state index contributed by atoms with van der Waals surface area (Å²) in [7, 11) is 1.52. The second-order valence-corrected chi connectivity index (χ2v) is 13.5. The third-order valence-corrected chi connectivity index (χ3v) is 8.97. The molecule has 13 nitrogen and oxygen atoms in total. The van der Waals surface area contributed by atoms with Gasteiger partial charge in [0.25, 0.3) is 0 Å². The van der Waals surface area contributed by atoms with Gasteiger partial charge < -0.3 is 25.0 Å². The zero-order chi connectivity index (χ0) is 34.9. The Balaban J connectivity index is 1.19. The molecule has 0 aliphatic carbocycles. The number of rotatable bonds is 10. The lowest BCUT2D eigenvalue weighted by Gasteiger charge is -2.17. The zero-order valence-corrected chi connectivity index (χ0v) is 28.7. The Morgan fingerprint density at radius 2 is 1.88 bits per heavy atom. The Labute approximate surface area is 290 Å². The van der Waals surface area contributed by atoms with E-state index in [0.717, 1.165) is 21.5 Å². The molecular weight excluding hydrogens is 670 g/mol. The molecule has 0 aliphatic heterocycles. The van der Waals surface area contributed by atoms with Crippen LogP contribution in [0.5, 0.6) is 17.2 Å². The van der Waals surface area contributed by atoms with E-state index < -0.39 is 12.1 Å². The number of amides is 3. The standard InChI is InChI=1S/C34H34ClN7O6S/c1-34(2,3)28-17-29(42(39-28)21-9-12-25(43)23(35)15-21)38-31(44)36-18-20-7-5-6-8-26(20)48-22-10-11-24-27(16-22)49-32-37-19-30(41(24)32)40(33(45)46)13-14-47-4/h5-12,15-17,19,43H,13-14,18H2,1-4H3,(H,45,46)(H2,36,38,44). The predicted molar refractivity (Wildman–Crippen MR) is 189 cm³/mol. The molecule has 3 aromatic carbocycles. The van der Waals surface area contributed by atoms with Crippen LogP contribution in [0.2, 0.25) is 5.02 Å². The Hall–Kier alpha value is -5.31. The number of para-hydroxylation sites is 1. The number of ether oxygens (including phenoxy) is 2. The lowest BCUT2D eigenvalue weighted by Crippen LogP contribution is -2.33. The summed E-state index contributed by atoms with van der Waals surface area (Å²) in [4.78, 5) is 31.4. The number of carbonyl (C=O) groups excluding carboxylic acids is 1. The van der Waals surface area contributed by atoms with E-state index >= 15 is 0 Å². The molecule has 0 bridgehead atoms. The molecule has 15 heteroatoms. The SMILES string of the molecule is COCCN(C(=O)O)c1cnc2sc3cc(Oc4ccccc4CNC(=O)Nc4cc(C(C)(C)C)nn4-c4ccc(O)c(Cl)c4)ccc3n12. The number of methoxy groups -OCH3 is 1. The van der Waals surface area contributed by atoms with Crippen LogP contribution in [-0.2, 0) is 16.7 Å². The van der Waals surface area contributed by atoms with Crippen LogP contribution in [0.1, 0.15) is 32.0 Å². The predicted octanol–water partition coefficient (Wildman–Crippen LogP) is 7.64. The molecule has 3 aromatic heterocycles. The highest BCUT2D eigenvalue weighted by atomic mass is 35.5. The molecule has 0 unspecified atom stereocenters. The van der Waals surface area contributed by atoms with Crippen LogP contribution in [-0.4, -0.2) is 61.8 Å². The van der Waals surface area contributed by atoms with Crippen molar-refractivity contribution in [2.24, 2.45) is 0 Å². The fourth-order valence-electron chi connectivity index (χ4n) is 5.10. The van der Waals surface area contributed by atoms with Crippen molar-refractivity contribution in [3.63, 3.8) is 0 Å². The summed E-state index contributed by atoms with van der Waals surface area (Å²) in [5, 5.41) is 30.3. The van der Waals surface area contributed by atoms with Gasteiger partial charge in [0.1, 0.15) is 28.9 Å². The topological polar surface area (TPSA) is 155 Å². The number of anilines is 2. The second kappa shape index (κ2) is 13.7. The van der Waals surface area contributed by atoms with Gasteiger partial charge in [0.05, 0.1) is 46.0 Å². The van der Waals surface area contributed by atoms with E-state index in [1.165, 1.54) is 29.4 Å². The quantitative estimate of drug-likeness (QED) is 0.113. The van der Waals surface area contributed by atoms with Gasteiger partial charge in [-0.1, -0.05) is 61.9 Å². The first-order chi connectivity index (χ1) is 23.4. The minimum absolute atomic E-state index is 0.0535. The molecule has 3 heterocycles. The normalized spacial score (nSPS) is 11.6. The second-order valence-electron chi connectivity index (χ2n) is 12.1. The summed E-state index contributed by atoms with van der Waals surface area (Å²) in [6, 6.07) is 19.0. The highest BCUT2D eigenvalue weighted by Crippen LogP contribution is 2.35. The maximum Gasteiger partial charge on any atom is 0.413 e. The van der Waals surface area contributed by atoms with E-state index in [1.807, 2.05) is 57.2 Å². The summed E-state index contributed by atoms with van der Waals surface area (Å²) in [6.45, 7) is 6.63. The monoisotopic (exact) mass is 703 g/mol. The minimum Gasteiger partial charge on any atom is -0.506 e. The summed E-state index contributed by atoms with van der Waals surface area (Å²) < 4.78 is 15.6. The van der Waals surface area contributed by atoms with Crippen LogP contribution in [0.3, 0.4) is 0 Å². The number of carbonyl (C=O) groups is 2. The number of urea groups is 1. The molecular formula is C34H34ClN7O6S. The van der Waals surface area contributed by atoms with E-state index in [4.69, 9.17) is 26.2 Å². The number of fused-ring (bicyclic) bond motifs is 3. The van der Waals surface area contributed by atoms with Crippen molar-refractivity contribution in [2.75, 3.05) is 30.5 Å². The average Bonchev–Trinajstić information content (AvgIpc) is 3.76. The number of halogens is 1. The molecule has 4 N–H and O–H groups in total. The molecule has 6 aromatic rings. The molecule has 0 saturated heterocycles. The van der Waals surface area contributed by atoms with Gasteiger partial charge in [-0.2, -0.15) is 5.10 Å². The van der Waals surface area contributed by atoms with Crippen molar-refractivity contribution in [1.29, 1.82) is 0 Å². The van der Waals surface area contributed by atoms with Crippen LogP contribution >= 0.6 is 22.9 Å². The number of benzene rings is 3. The third-order valence-electron chi connectivity index (χ3n) is 7.65. The van der Waals surface area contributed by atoms with Gasteiger partial charge in [0, 0.05) is 36.8 Å². The van der Waals surface area contributed by atoms with Crippen LogP contribution in [0.15, 0.2) is 72.9 Å². The first-order valence-electron chi connectivity index (χ1n) is 15.2. The molecule has 0 spiro atoms. The van der Waals surface area contributed by atoms with Crippen LogP contribution in [0.25, 0.3) is 20.9 Å². The van der Waals surface area contributed by atoms with Gasteiger partial charge >= 0.3 is 12.1 Å². The summed E-state index contributed by atoms with van der Waals surface area (Å²) in [5.74, 6) is 1.93. The van der Waals surface area contributed by atoms with Gasteiger partial charge in [0.15, 0.2) is 4.96 Å². The van der Waals surface area contributed by atoms with E-state index in [9.17, 15) is 19.8 Å². The maximum absolute atomic E-state index is 13.2. The molecule has 0 saturated carbocycles. The first kappa shape index (κ1) is 33.6. The molecule has 6 rings (SSSR count). The maximum atomic E-state index is 13.2. The van der Waals surface area contributed by atoms with Crippen LogP contribution < -0.4 is 20.3 Å². The zero-order valence-electron chi connectivity index (χ0n) is 27.1. The van der Waals surface area contributed by atoms with Crippen molar-refractivity contribution < 1.29 is 29.3 Å². The average molecular weight is 704 g/mol. The number of nitrogens with one attached hydrogen (secondary N) is 2. The fourth-order valence-corrected chi connectivity index (χ4v) is 6.30. The summed E-state index contributed by atoms with van der Waals surface area (Å²) in [5.41, 5.74) is 2.56. The van der Waals surface area contributed by atoms with Crippen LogP contribution in [0, 0.1) is 0 Å². The van der Waals surface area contributed by atoms with Gasteiger partial charge in [-0.15, -0.1) is 0 Å². The van der Waals surface area contributed by atoms with E-state index in [1.54, 1.807) is 39.5 Å². The Kier molecular flexibility index (Phi) is 9.37. The van der Waals surface area contributed by atoms with E-state index in [2.05, 4.69) is 15.6 Å². The lowest BCUT2D eigenvalue weighted by molar-refractivity contribution is 0.186. The number of phenolic OH excluding ortho intramolecular Hbond substituents is 1. The number of imidazole rings is 1. The van der Waals surface area contributed by atoms with Crippen molar-refractivity contribution in [1.82, 2.24) is 24.5 Å². The number of aromatic hydroxyl groups is 1. The number of aromatic nitrogens is 4. The molecule has 0 fully saturated rings. The summed E-state index contributed by atoms with van der Waals surface area (Å²) in [6.07, 6.45) is 0.443. The summed E-state index contributed by atoms with van der Waals surface area (Å²) >= 11 is 7.58. The fraction of sp³-hybridized carbons (Fsp3) is 0.235. The van der Waals surface area contributed by atoms with Gasteiger partial charge in [-0.3, -0.25) is 14.6 Å². The van der Waals surface area contributed by atoms with Crippen molar-refractivity contribution in [3.05, 3.63) is 89.2 Å². The molecule has 0 aliphatic rings. The highest BCUT2D eigenvalue weighted by molar-refractivity contribution is 7.23. The number of hydrogen-bond acceptors (Lipinski definition) is 8. The molecule has 0 atom stereocenters. The molecule has 49 heavy (non-hydrogen) atoms. The third kappa shape index (κ3) is 7.11. The molecule has 3 amide bonds. The molecule has 254 valence electrons. The van der Waals surface area contributed by atoms with E-state index in [-0.39, 0.29) is 35.9 Å². The number of hydrogen-bond donors (Lipinski definition) is 4. The highest BCUT2D eigenvalue weighted by Gasteiger charge is 2.23. The number of phenols is 1. The lowest BCUT2D eigenvalue weighted by atomic mass is 9.92.